The van der Waals surface area contributed by atoms with E-state index in [1.807, 2.05) is 25.7 Å². The Morgan fingerprint density at radius 1 is 0.939 bits per heavy atom. The minimum atomic E-state index is -0.476. The largest absolute Gasteiger partial charge is 0.489 e. The zero-order valence-electron chi connectivity index (χ0n) is 19.8. The van der Waals surface area contributed by atoms with E-state index in [2.05, 4.69) is 12.1 Å². The summed E-state index contributed by atoms with van der Waals surface area (Å²) >= 11 is 0. The molecule has 0 spiro atoms. The molecule has 1 aliphatic carbocycles. The monoisotopic (exact) mass is 451 g/mol. The van der Waals surface area contributed by atoms with Gasteiger partial charge in [0.05, 0.1) is 35.5 Å². The Balaban J connectivity index is 1.26. The van der Waals surface area contributed by atoms with Crippen molar-refractivity contribution < 1.29 is 19.0 Å². The number of carbonyl (C=O) groups excluding carboxylic acids is 1. The summed E-state index contributed by atoms with van der Waals surface area (Å²) in [5.74, 6) is 0.548. The Hall–Kier alpha value is -2.77. The van der Waals surface area contributed by atoms with Crippen LogP contribution in [0.15, 0.2) is 18.2 Å². The highest BCUT2D eigenvalue weighted by Gasteiger charge is 2.45. The number of benzene rings is 1. The van der Waals surface area contributed by atoms with E-state index in [4.69, 9.17) is 19.5 Å². The first kappa shape index (κ1) is 23.4. The third kappa shape index (κ3) is 5.60. The van der Waals surface area contributed by atoms with Crippen molar-refractivity contribution in [3.05, 3.63) is 29.3 Å². The van der Waals surface area contributed by atoms with Gasteiger partial charge in [-0.25, -0.2) is 4.79 Å². The zero-order chi connectivity index (χ0) is 23.6. The van der Waals surface area contributed by atoms with Crippen molar-refractivity contribution in [2.45, 2.75) is 108 Å². The number of nitrogens with zero attached hydrogens (tertiary/aromatic N) is 3. The smallest absolute Gasteiger partial charge is 0.410 e. The number of hydrogen-bond acceptors (Lipinski definition) is 6. The van der Waals surface area contributed by atoms with Gasteiger partial charge in [0.15, 0.2) is 0 Å². The highest BCUT2D eigenvalue weighted by molar-refractivity contribution is 5.69. The lowest BCUT2D eigenvalue weighted by molar-refractivity contribution is -0.0812. The van der Waals surface area contributed by atoms with Gasteiger partial charge >= 0.3 is 6.09 Å². The number of rotatable bonds is 4. The molecule has 4 rings (SSSR count). The Kier molecular flexibility index (Phi) is 6.81. The highest BCUT2D eigenvalue weighted by atomic mass is 16.6. The first-order valence-electron chi connectivity index (χ1n) is 12.0. The van der Waals surface area contributed by atoms with E-state index in [9.17, 15) is 10.1 Å². The van der Waals surface area contributed by atoms with E-state index < -0.39 is 5.60 Å². The molecule has 2 heterocycles. The molecule has 33 heavy (non-hydrogen) atoms. The normalized spacial score (nSPS) is 29.1. The number of fused-ring (bicyclic) bond motifs is 2. The molecule has 7 heteroatoms. The molecule has 1 aromatic carbocycles. The third-order valence-corrected chi connectivity index (χ3v) is 6.82. The predicted octanol–water partition coefficient (Wildman–Crippen LogP) is 5.07. The number of carbonyl (C=O) groups is 1. The Morgan fingerprint density at radius 3 is 2.15 bits per heavy atom. The summed E-state index contributed by atoms with van der Waals surface area (Å²) in [6.07, 6.45) is 7.65. The van der Waals surface area contributed by atoms with Crippen molar-refractivity contribution in [2.24, 2.45) is 0 Å². The average Bonchev–Trinajstić information content (AvgIpc) is 3.05. The number of nitriles is 2. The van der Waals surface area contributed by atoms with Crippen molar-refractivity contribution in [1.29, 1.82) is 10.5 Å². The molecule has 1 aromatic rings. The van der Waals surface area contributed by atoms with E-state index in [0.29, 0.717) is 16.9 Å². The van der Waals surface area contributed by atoms with E-state index in [1.54, 1.807) is 18.2 Å². The molecule has 3 atom stereocenters. The lowest BCUT2D eigenvalue weighted by Gasteiger charge is -2.41. The summed E-state index contributed by atoms with van der Waals surface area (Å²) in [5.41, 5.74) is 0.387. The van der Waals surface area contributed by atoms with Crippen LogP contribution in [0.25, 0.3) is 0 Å². The minimum absolute atomic E-state index is 0.0510. The molecule has 1 amide bonds. The summed E-state index contributed by atoms with van der Waals surface area (Å²) in [7, 11) is 0. The first-order chi connectivity index (χ1) is 15.8. The summed E-state index contributed by atoms with van der Waals surface area (Å²) in [6, 6.07) is 9.57. The highest BCUT2D eigenvalue weighted by Crippen LogP contribution is 2.39. The summed E-state index contributed by atoms with van der Waals surface area (Å²) in [4.78, 5) is 14.6. The average molecular weight is 452 g/mol. The van der Waals surface area contributed by atoms with Crippen molar-refractivity contribution in [2.75, 3.05) is 0 Å². The van der Waals surface area contributed by atoms with Crippen LogP contribution in [-0.2, 0) is 9.47 Å². The van der Waals surface area contributed by atoms with Crippen LogP contribution >= 0.6 is 0 Å². The quantitative estimate of drug-likeness (QED) is 0.634. The van der Waals surface area contributed by atoms with Gasteiger partial charge in [0, 0.05) is 12.1 Å². The second-order valence-electron chi connectivity index (χ2n) is 10.5. The van der Waals surface area contributed by atoms with Crippen molar-refractivity contribution in [3.63, 3.8) is 0 Å². The Morgan fingerprint density at radius 2 is 1.58 bits per heavy atom. The molecule has 0 unspecified atom stereocenters. The van der Waals surface area contributed by atoms with Crippen LogP contribution < -0.4 is 4.74 Å². The fourth-order valence-corrected chi connectivity index (χ4v) is 5.38. The fourth-order valence-electron chi connectivity index (χ4n) is 5.38. The van der Waals surface area contributed by atoms with E-state index in [-0.39, 0.29) is 36.5 Å². The van der Waals surface area contributed by atoms with Gasteiger partial charge in [-0.05, 0) is 90.3 Å². The molecular weight excluding hydrogens is 418 g/mol. The van der Waals surface area contributed by atoms with Gasteiger partial charge in [-0.15, -0.1) is 0 Å². The summed E-state index contributed by atoms with van der Waals surface area (Å²) in [5, 5.41) is 18.4. The molecule has 3 aliphatic rings. The Labute approximate surface area is 196 Å². The fraction of sp³-hybridized carbons (Fsp3) is 0.654. The topological polar surface area (TPSA) is 95.6 Å². The third-order valence-electron chi connectivity index (χ3n) is 6.82. The van der Waals surface area contributed by atoms with Crippen molar-refractivity contribution in [3.8, 4) is 17.9 Å². The summed E-state index contributed by atoms with van der Waals surface area (Å²) < 4.78 is 18.2. The van der Waals surface area contributed by atoms with Gasteiger partial charge < -0.3 is 19.1 Å². The second-order valence-corrected chi connectivity index (χ2v) is 10.5. The molecule has 0 aromatic heterocycles. The van der Waals surface area contributed by atoms with Crippen LogP contribution in [0.1, 0.15) is 83.3 Å². The minimum Gasteiger partial charge on any atom is -0.489 e. The van der Waals surface area contributed by atoms with Gasteiger partial charge in [-0.2, -0.15) is 10.5 Å². The molecular formula is C26H33N3O4. The van der Waals surface area contributed by atoms with Crippen molar-refractivity contribution >= 4 is 6.09 Å². The van der Waals surface area contributed by atoms with Gasteiger partial charge in [0.1, 0.15) is 17.4 Å². The maximum atomic E-state index is 12.7. The second kappa shape index (κ2) is 9.61. The SMILES string of the molecule is CC(C)(C)OC(=O)N1[C@@H]2CC[C@H]1C[C@H](O[C@H]1CC[C@H](Oc3ccc(C#N)cc3C#N)CC1)C2. The molecule has 2 bridgehead atoms. The van der Waals surface area contributed by atoms with Crippen molar-refractivity contribution in [1.82, 2.24) is 4.90 Å². The lowest BCUT2D eigenvalue weighted by Crippen LogP contribution is -2.50. The maximum absolute atomic E-state index is 12.7. The zero-order valence-corrected chi connectivity index (χ0v) is 19.8. The van der Waals surface area contributed by atoms with Crippen LogP contribution in [0, 0.1) is 22.7 Å². The maximum Gasteiger partial charge on any atom is 0.410 e. The molecule has 2 saturated heterocycles. The Bertz CT molecular complexity index is 936. The lowest BCUT2D eigenvalue weighted by atomic mass is 9.93. The molecule has 0 radical (unpaired) electrons. The van der Waals surface area contributed by atoms with Crippen LogP contribution in [0.4, 0.5) is 4.79 Å². The number of hydrogen-bond donors (Lipinski definition) is 0. The number of amides is 1. The molecule has 2 aliphatic heterocycles. The van der Waals surface area contributed by atoms with Gasteiger partial charge in [0.2, 0.25) is 0 Å². The predicted molar refractivity (Wildman–Crippen MR) is 122 cm³/mol. The van der Waals surface area contributed by atoms with Crippen LogP contribution in [0.5, 0.6) is 5.75 Å². The van der Waals surface area contributed by atoms with E-state index in [1.165, 1.54) is 0 Å². The summed E-state index contributed by atoms with van der Waals surface area (Å²) in [6.45, 7) is 5.72. The molecule has 176 valence electrons. The van der Waals surface area contributed by atoms with Crippen LogP contribution in [-0.4, -0.2) is 47.0 Å². The van der Waals surface area contributed by atoms with Gasteiger partial charge in [0.25, 0.3) is 0 Å². The molecule has 1 saturated carbocycles. The van der Waals surface area contributed by atoms with Gasteiger partial charge in [-0.3, -0.25) is 0 Å². The standard InChI is InChI=1S/C26H33N3O4/c1-26(2,3)33-25(30)29-19-5-6-20(29)14-23(13-19)31-21-7-9-22(10-8-21)32-24-11-4-17(15-27)12-18(24)16-28/h4,11-12,19-23H,5-10,13-14H2,1-3H3/t19-,20+,21-,22-,23-. The van der Waals surface area contributed by atoms with E-state index >= 15 is 0 Å². The van der Waals surface area contributed by atoms with Crippen LogP contribution in [0.3, 0.4) is 0 Å². The van der Waals surface area contributed by atoms with E-state index in [0.717, 1.165) is 51.4 Å². The molecule has 0 N–H and O–H groups in total. The van der Waals surface area contributed by atoms with Crippen LogP contribution in [0.2, 0.25) is 0 Å². The molecule has 7 nitrogen and oxygen atoms in total. The molecule has 3 fully saturated rings. The number of ether oxygens (including phenoxy) is 3. The van der Waals surface area contributed by atoms with Gasteiger partial charge in [-0.1, -0.05) is 0 Å². The number of piperidine rings is 1. The first-order valence-corrected chi connectivity index (χ1v) is 12.0.